The van der Waals surface area contributed by atoms with E-state index < -0.39 is 23.5 Å². The van der Waals surface area contributed by atoms with Crippen molar-refractivity contribution >= 4 is 28.3 Å². The molecule has 0 bridgehead atoms. The highest BCUT2D eigenvalue weighted by atomic mass is 127. The van der Waals surface area contributed by atoms with E-state index in [1.807, 2.05) is 0 Å². The molecular formula is C8H4F6IN. The van der Waals surface area contributed by atoms with Gasteiger partial charge in [0.25, 0.3) is 0 Å². The molecule has 0 aliphatic carbocycles. The van der Waals surface area contributed by atoms with Crippen molar-refractivity contribution in [2.45, 2.75) is 12.4 Å². The lowest BCUT2D eigenvalue weighted by atomic mass is 10.1. The predicted octanol–water partition coefficient (Wildman–Crippen LogP) is 3.91. The molecule has 1 aromatic rings. The van der Waals surface area contributed by atoms with Crippen LogP contribution in [0.2, 0.25) is 0 Å². The zero-order valence-corrected chi connectivity index (χ0v) is 9.54. The quantitative estimate of drug-likeness (QED) is 0.426. The van der Waals surface area contributed by atoms with E-state index in [0.29, 0.717) is 12.1 Å². The van der Waals surface area contributed by atoms with E-state index in [1.165, 1.54) is 22.6 Å². The summed E-state index contributed by atoms with van der Waals surface area (Å²) in [4.78, 5) is 0. The highest BCUT2D eigenvalue weighted by molar-refractivity contribution is 14.1. The second-order valence-electron chi connectivity index (χ2n) is 2.91. The average molecular weight is 355 g/mol. The highest BCUT2D eigenvalue weighted by Gasteiger charge is 2.43. The van der Waals surface area contributed by atoms with Crippen LogP contribution in [0.4, 0.5) is 32.0 Å². The predicted molar refractivity (Wildman–Crippen MR) is 53.6 cm³/mol. The Kier molecular flexibility index (Phi) is 3.32. The third-order valence-electron chi connectivity index (χ3n) is 1.75. The molecule has 0 heterocycles. The van der Waals surface area contributed by atoms with Crippen LogP contribution in [0.5, 0.6) is 0 Å². The summed E-state index contributed by atoms with van der Waals surface area (Å²) in [5.41, 5.74) is 1.33. The molecule has 0 aliphatic heterocycles. The van der Waals surface area contributed by atoms with Gasteiger partial charge in [0.05, 0.1) is 11.1 Å². The van der Waals surface area contributed by atoms with Gasteiger partial charge in [0.15, 0.2) is 0 Å². The van der Waals surface area contributed by atoms with Crippen LogP contribution in [0, 0.1) is 3.57 Å². The zero-order chi connectivity index (χ0) is 12.7. The molecule has 2 N–H and O–H groups in total. The number of hydrogen-bond acceptors (Lipinski definition) is 1. The van der Waals surface area contributed by atoms with Gasteiger partial charge in [0.1, 0.15) is 0 Å². The Hall–Kier alpha value is -0.670. The minimum Gasteiger partial charge on any atom is -0.398 e. The van der Waals surface area contributed by atoms with E-state index in [9.17, 15) is 26.3 Å². The molecule has 16 heavy (non-hydrogen) atoms. The number of nitrogen functional groups attached to an aromatic ring is 1. The van der Waals surface area contributed by atoms with E-state index in [2.05, 4.69) is 0 Å². The van der Waals surface area contributed by atoms with Gasteiger partial charge in [-0.15, -0.1) is 0 Å². The second-order valence-corrected chi connectivity index (χ2v) is 4.08. The summed E-state index contributed by atoms with van der Waals surface area (Å²) in [5.74, 6) is 0. The minimum absolute atomic E-state index is 0.0714. The fourth-order valence-electron chi connectivity index (χ4n) is 1.06. The monoisotopic (exact) mass is 355 g/mol. The molecule has 0 aromatic heterocycles. The van der Waals surface area contributed by atoms with Gasteiger partial charge in [-0.25, -0.2) is 0 Å². The summed E-state index contributed by atoms with van der Waals surface area (Å²) in [5, 5.41) is 0. The van der Waals surface area contributed by atoms with Gasteiger partial charge >= 0.3 is 12.4 Å². The minimum atomic E-state index is -5.08. The molecular weight excluding hydrogens is 351 g/mol. The van der Waals surface area contributed by atoms with Crippen LogP contribution in [0.3, 0.4) is 0 Å². The third-order valence-corrected chi connectivity index (χ3v) is 2.68. The maximum atomic E-state index is 12.3. The van der Waals surface area contributed by atoms with Gasteiger partial charge in [0, 0.05) is 9.26 Å². The van der Waals surface area contributed by atoms with Crippen LogP contribution in [0.15, 0.2) is 12.1 Å². The Labute approximate surface area is 99.8 Å². The molecule has 1 rings (SSSR count). The van der Waals surface area contributed by atoms with Crippen LogP contribution >= 0.6 is 22.6 Å². The molecule has 0 unspecified atom stereocenters. The van der Waals surface area contributed by atoms with Crippen LogP contribution in [0.25, 0.3) is 0 Å². The van der Waals surface area contributed by atoms with E-state index in [-0.39, 0.29) is 9.26 Å². The molecule has 0 radical (unpaired) electrons. The maximum Gasteiger partial charge on any atom is 0.417 e. The van der Waals surface area contributed by atoms with Gasteiger partial charge in [0.2, 0.25) is 0 Å². The first kappa shape index (κ1) is 13.4. The van der Waals surface area contributed by atoms with E-state index in [0.717, 1.165) is 0 Å². The Bertz CT molecular complexity index is 369. The Morgan fingerprint density at radius 1 is 0.875 bits per heavy atom. The molecule has 0 saturated heterocycles. The van der Waals surface area contributed by atoms with Crippen molar-refractivity contribution in [1.29, 1.82) is 0 Å². The molecule has 1 nitrogen and oxygen atoms in total. The molecule has 0 amide bonds. The molecule has 0 saturated carbocycles. The summed E-state index contributed by atoms with van der Waals surface area (Å²) in [6.07, 6.45) is -10.1. The van der Waals surface area contributed by atoms with E-state index in [4.69, 9.17) is 5.73 Å². The largest absolute Gasteiger partial charge is 0.417 e. The van der Waals surface area contributed by atoms with Gasteiger partial charge in [-0.3, -0.25) is 0 Å². The molecule has 90 valence electrons. The summed E-state index contributed by atoms with van der Waals surface area (Å²) in [6.45, 7) is 0. The highest BCUT2D eigenvalue weighted by Crippen LogP contribution is 2.42. The second kappa shape index (κ2) is 3.97. The van der Waals surface area contributed by atoms with E-state index >= 15 is 0 Å². The van der Waals surface area contributed by atoms with Crippen molar-refractivity contribution < 1.29 is 26.3 Å². The van der Waals surface area contributed by atoms with Crippen LogP contribution in [0.1, 0.15) is 11.1 Å². The summed E-state index contributed by atoms with van der Waals surface area (Å²) < 4.78 is 74.0. The number of nitrogens with two attached hydrogens (primary N) is 1. The van der Waals surface area contributed by atoms with Gasteiger partial charge < -0.3 is 5.73 Å². The number of rotatable bonds is 0. The van der Waals surface area contributed by atoms with Crippen molar-refractivity contribution in [2.24, 2.45) is 0 Å². The van der Waals surface area contributed by atoms with Crippen LogP contribution < -0.4 is 5.73 Å². The standard InChI is InChI=1S/C8H4F6IN/c9-7(10,11)3-1-5(15)6(16)2-4(3)8(12,13)14/h1-2H,16H2. The van der Waals surface area contributed by atoms with Crippen LogP contribution in [-0.2, 0) is 12.4 Å². The van der Waals surface area contributed by atoms with Crippen molar-refractivity contribution in [3.63, 3.8) is 0 Å². The number of halogens is 7. The molecule has 0 atom stereocenters. The van der Waals surface area contributed by atoms with Crippen molar-refractivity contribution in [1.82, 2.24) is 0 Å². The summed E-state index contributed by atoms with van der Waals surface area (Å²) in [7, 11) is 0. The SMILES string of the molecule is Nc1cc(C(F)(F)F)c(C(F)(F)F)cc1I. The molecule has 8 heteroatoms. The van der Waals surface area contributed by atoms with Gasteiger partial charge in [-0.05, 0) is 34.7 Å². The van der Waals surface area contributed by atoms with Gasteiger partial charge in [-0.1, -0.05) is 0 Å². The van der Waals surface area contributed by atoms with E-state index in [1.54, 1.807) is 0 Å². The summed E-state index contributed by atoms with van der Waals surface area (Å²) in [6, 6.07) is 0.684. The third kappa shape index (κ3) is 2.71. The Balaban J connectivity index is 3.53. The average Bonchev–Trinajstić information content (AvgIpc) is 2.05. The summed E-state index contributed by atoms with van der Waals surface area (Å²) >= 11 is 1.44. The number of anilines is 1. The van der Waals surface area contributed by atoms with Gasteiger partial charge in [-0.2, -0.15) is 26.3 Å². The lowest BCUT2D eigenvalue weighted by molar-refractivity contribution is -0.162. The van der Waals surface area contributed by atoms with Crippen molar-refractivity contribution in [2.75, 3.05) is 5.73 Å². The fraction of sp³-hybridized carbons (Fsp3) is 0.250. The van der Waals surface area contributed by atoms with Crippen molar-refractivity contribution in [3.8, 4) is 0 Å². The number of alkyl halides is 6. The normalized spacial score (nSPS) is 12.9. The lowest BCUT2D eigenvalue weighted by Gasteiger charge is -2.16. The van der Waals surface area contributed by atoms with Crippen LogP contribution in [-0.4, -0.2) is 0 Å². The Morgan fingerprint density at radius 2 is 1.25 bits per heavy atom. The number of hydrogen-bond donors (Lipinski definition) is 1. The maximum absolute atomic E-state index is 12.3. The molecule has 0 fully saturated rings. The lowest BCUT2D eigenvalue weighted by Crippen LogP contribution is -2.17. The first-order chi connectivity index (χ1) is 7.03. The first-order valence-electron chi connectivity index (χ1n) is 3.77. The smallest absolute Gasteiger partial charge is 0.398 e. The number of benzene rings is 1. The molecule has 1 aromatic carbocycles. The first-order valence-corrected chi connectivity index (χ1v) is 4.85. The Morgan fingerprint density at radius 3 is 1.62 bits per heavy atom. The topological polar surface area (TPSA) is 26.0 Å². The van der Waals surface area contributed by atoms with Crippen molar-refractivity contribution in [3.05, 3.63) is 26.8 Å². The molecule has 0 spiro atoms. The zero-order valence-electron chi connectivity index (χ0n) is 7.38. The molecule has 0 aliphatic rings. The fourth-order valence-corrected chi connectivity index (χ4v) is 1.53.